The molecule has 4 aromatic heterocycles. The molecule has 7 heterocycles. The van der Waals surface area contributed by atoms with Crippen LogP contribution in [0.5, 0.6) is 23.0 Å². The van der Waals surface area contributed by atoms with Gasteiger partial charge in [0.1, 0.15) is 28.8 Å². The lowest BCUT2D eigenvalue weighted by atomic mass is 10.1. The number of aromatic nitrogens is 10. The van der Waals surface area contributed by atoms with Crippen LogP contribution < -0.4 is 35.3 Å². The number of aliphatic carboxylic acids is 1. The van der Waals surface area contributed by atoms with E-state index in [9.17, 15) is 9.59 Å². The Bertz CT molecular complexity index is 2890. The van der Waals surface area contributed by atoms with Gasteiger partial charge in [-0.25, -0.2) is 9.97 Å². The average molecular weight is 936 g/mol. The maximum atomic E-state index is 12.1. The van der Waals surface area contributed by atoms with E-state index in [2.05, 4.69) is 51.2 Å². The number of benzene rings is 4. The molecule has 0 radical (unpaired) electrons. The Morgan fingerprint density at radius 1 is 0.681 bits per heavy atom. The van der Waals surface area contributed by atoms with E-state index in [0.29, 0.717) is 98.6 Å². The van der Waals surface area contributed by atoms with Gasteiger partial charge in [0, 0.05) is 30.6 Å². The highest BCUT2D eigenvalue weighted by molar-refractivity contribution is 5.78. The van der Waals surface area contributed by atoms with Crippen molar-refractivity contribution < 1.29 is 33.6 Å². The molecule has 69 heavy (non-hydrogen) atoms. The standard InChI is InChI=1S/C25H26N6O3.C24H27N7O4/c32-20-5-2-1-3-15-33-21-11-7-18(8-12-21)27-25-26-17-23-24(28-25)31(30-29-23)19-9-13-22(14-10-19)34-16-4-6-20;25-13-1-2-14-34-19-9-5-17(6-10-19)27-24-26-16-21-23(28-24)31(30-29-21)18-7-11-20(12-8-18)35-15-3-4-22(32)33/h7-14,17H,1-6,15-16H2,(H,26,27,28);5-12,16H,1-4,13-15,25H2,(H,32,33)(H,26,27,28). The van der Waals surface area contributed by atoms with E-state index in [-0.39, 0.29) is 12.2 Å². The summed E-state index contributed by atoms with van der Waals surface area (Å²) in [6, 6.07) is 30.1. The predicted molar refractivity (Wildman–Crippen MR) is 258 cm³/mol. The first-order valence-corrected chi connectivity index (χ1v) is 22.9. The summed E-state index contributed by atoms with van der Waals surface area (Å²) in [6.45, 7) is 2.77. The van der Waals surface area contributed by atoms with Crippen molar-refractivity contribution >= 4 is 57.4 Å². The molecule has 0 aliphatic carbocycles. The molecule has 11 rings (SSSR count). The molecule has 20 nitrogen and oxygen atoms in total. The Balaban J connectivity index is 0.000000186. The van der Waals surface area contributed by atoms with Gasteiger partial charge in [-0.2, -0.15) is 19.3 Å². The summed E-state index contributed by atoms with van der Waals surface area (Å²) in [4.78, 5) is 40.6. The number of nitrogens with two attached hydrogens (primary N) is 1. The number of nitrogens with one attached hydrogen (secondary N) is 2. The van der Waals surface area contributed by atoms with Gasteiger partial charge >= 0.3 is 5.97 Å². The summed E-state index contributed by atoms with van der Waals surface area (Å²) in [5.74, 6) is 3.31. The van der Waals surface area contributed by atoms with Crippen molar-refractivity contribution in [1.82, 2.24) is 49.9 Å². The molecule has 20 heteroatoms. The van der Waals surface area contributed by atoms with Crippen LogP contribution in [0, 0.1) is 0 Å². The van der Waals surface area contributed by atoms with Crippen LogP contribution in [-0.2, 0) is 9.59 Å². The average Bonchev–Trinajstić information content (AvgIpc) is 4.00. The molecular weight excluding hydrogens is 883 g/mol. The van der Waals surface area contributed by atoms with Gasteiger partial charge in [-0.1, -0.05) is 10.4 Å². The van der Waals surface area contributed by atoms with Crippen LogP contribution in [0.2, 0.25) is 0 Å². The molecule has 6 bridgehead atoms. The van der Waals surface area contributed by atoms with Gasteiger partial charge in [-0.05, 0) is 149 Å². The molecule has 0 saturated carbocycles. The molecular formula is C49H53N13O7. The van der Waals surface area contributed by atoms with E-state index in [1.165, 1.54) is 0 Å². The zero-order valence-electron chi connectivity index (χ0n) is 37.9. The Morgan fingerprint density at radius 3 is 1.93 bits per heavy atom. The Hall–Kier alpha value is -8.26. The minimum Gasteiger partial charge on any atom is -0.494 e. The number of ether oxygens (including phenoxy) is 4. The summed E-state index contributed by atoms with van der Waals surface area (Å²) in [6.07, 6.45) is 10.3. The lowest BCUT2D eigenvalue weighted by molar-refractivity contribution is -0.137. The molecule has 5 N–H and O–H groups in total. The van der Waals surface area contributed by atoms with Crippen LogP contribution in [-0.4, -0.2) is 99.8 Å². The highest BCUT2D eigenvalue weighted by Crippen LogP contribution is 2.24. The highest BCUT2D eigenvalue weighted by Gasteiger charge is 2.13. The molecule has 3 aliphatic heterocycles. The largest absolute Gasteiger partial charge is 0.494 e. The van der Waals surface area contributed by atoms with E-state index in [1.54, 1.807) is 33.9 Å². The molecule has 0 fully saturated rings. The molecule has 0 atom stereocenters. The van der Waals surface area contributed by atoms with Crippen molar-refractivity contribution in [2.75, 3.05) is 43.6 Å². The van der Waals surface area contributed by atoms with Crippen LogP contribution in [0.25, 0.3) is 33.7 Å². The molecule has 4 aromatic carbocycles. The lowest BCUT2D eigenvalue weighted by Crippen LogP contribution is -2.04. The van der Waals surface area contributed by atoms with Gasteiger partial charge in [0.05, 0.1) is 50.2 Å². The normalized spacial score (nSPS) is 13.1. The summed E-state index contributed by atoms with van der Waals surface area (Å²) >= 11 is 0. The van der Waals surface area contributed by atoms with E-state index >= 15 is 0 Å². The second kappa shape index (κ2) is 24.0. The number of ketones is 1. The van der Waals surface area contributed by atoms with Crippen LogP contribution in [0.4, 0.5) is 23.3 Å². The zero-order chi connectivity index (χ0) is 47.6. The van der Waals surface area contributed by atoms with Gasteiger partial charge in [-0.15, -0.1) is 10.2 Å². The number of hydrogen-bond acceptors (Lipinski definition) is 17. The van der Waals surface area contributed by atoms with Crippen molar-refractivity contribution in [1.29, 1.82) is 0 Å². The number of Topliss-reactive ketones (excluding diaryl/α,β-unsaturated/α-hetero) is 1. The molecule has 8 aromatic rings. The predicted octanol–water partition coefficient (Wildman–Crippen LogP) is 7.95. The number of carboxylic acids is 1. The Morgan fingerprint density at radius 2 is 1.26 bits per heavy atom. The number of unbranched alkanes of at least 4 members (excludes halogenated alkanes) is 1. The van der Waals surface area contributed by atoms with E-state index in [4.69, 9.17) is 29.8 Å². The van der Waals surface area contributed by atoms with Gasteiger partial charge in [0.15, 0.2) is 22.3 Å². The van der Waals surface area contributed by atoms with Crippen molar-refractivity contribution in [3.05, 3.63) is 109 Å². The maximum Gasteiger partial charge on any atom is 0.303 e. The lowest BCUT2D eigenvalue weighted by Gasteiger charge is -2.09. The SMILES string of the molecule is NCCCCOc1ccc(Nc2ncc3nnn(-c4ccc(OCCCC(=O)O)cc4)c3n2)cc1.O=C1CCCCCOc2ccc(cc2)Nc2ncc3nnn(c3n2)-c2ccc(cc2)OCCC1. The third-order valence-electron chi connectivity index (χ3n) is 10.7. The van der Waals surface area contributed by atoms with Crippen molar-refractivity contribution in [2.24, 2.45) is 5.73 Å². The van der Waals surface area contributed by atoms with Crippen LogP contribution >= 0.6 is 0 Å². The molecule has 0 amide bonds. The number of carbonyl (C=O) groups excluding carboxylic acids is 1. The number of anilines is 4. The Kier molecular flexibility index (Phi) is 16.4. The van der Waals surface area contributed by atoms with Gasteiger partial charge in [0.25, 0.3) is 0 Å². The number of hydrogen-bond donors (Lipinski definition) is 4. The smallest absolute Gasteiger partial charge is 0.303 e. The van der Waals surface area contributed by atoms with Gasteiger partial charge in [0.2, 0.25) is 11.9 Å². The van der Waals surface area contributed by atoms with Gasteiger partial charge in [-0.3, -0.25) is 9.59 Å². The van der Waals surface area contributed by atoms with E-state index < -0.39 is 5.97 Å². The number of carbonyl (C=O) groups is 2. The van der Waals surface area contributed by atoms with Crippen molar-refractivity contribution in [2.45, 2.75) is 64.2 Å². The number of carboxylic acid groups (broad SMARTS) is 1. The third-order valence-corrected chi connectivity index (χ3v) is 10.7. The number of fused-ring (bicyclic) bond motifs is 3. The first-order valence-electron chi connectivity index (χ1n) is 22.9. The molecule has 356 valence electrons. The van der Waals surface area contributed by atoms with Crippen LogP contribution in [0.3, 0.4) is 0 Å². The quantitative estimate of drug-likeness (QED) is 0.0800. The fraction of sp³-hybridized carbons (Fsp3) is 0.306. The summed E-state index contributed by atoms with van der Waals surface area (Å²) in [5.41, 5.74) is 11.0. The zero-order valence-corrected chi connectivity index (χ0v) is 37.9. The fourth-order valence-corrected chi connectivity index (χ4v) is 7.04. The second-order valence-corrected chi connectivity index (χ2v) is 15.9. The van der Waals surface area contributed by atoms with Crippen molar-refractivity contribution in [3.8, 4) is 34.4 Å². The topological polar surface area (TPSA) is 254 Å². The summed E-state index contributed by atoms with van der Waals surface area (Å²) in [5, 5.41) is 31.9. The van der Waals surface area contributed by atoms with Gasteiger partial charge < -0.3 is 40.4 Å². The number of rotatable bonds is 13. The van der Waals surface area contributed by atoms with E-state index in [1.807, 2.05) is 84.9 Å². The van der Waals surface area contributed by atoms with E-state index in [0.717, 1.165) is 72.1 Å². The molecule has 0 spiro atoms. The highest BCUT2D eigenvalue weighted by atomic mass is 16.5. The first kappa shape index (κ1) is 47.2. The minimum absolute atomic E-state index is 0.0757. The third kappa shape index (κ3) is 13.7. The van der Waals surface area contributed by atoms with Crippen LogP contribution in [0.15, 0.2) is 109 Å². The maximum absolute atomic E-state index is 12.1. The monoisotopic (exact) mass is 935 g/mol. The second-order valence-electron chi connectivity index (χ2n) is 15.9. The number of nitrogens with zero attached hydrogens (tertiary/aromatic N) is 10. The first-order chi connectivity index (χ1) is 33.9. The minimum atomic E-state index is -0.835. The molecule has 3 aliphatic rings. The van der Waals surface area contributed by atoms with Crippen LogP contribution in [0.1, 0.15) is 64.2 Å². The molecule has 0 saturated heterocycles. The summed E-state index contributed by atoms with van der Waals surface area (Å²) in [7, 11) is 0. The van der Waals surface area contributed by atoms with Crippen molar-refractivity contribution in [3.63, 3.8) is 0 Å². The molecule has 0 unspecified atom stereocenters. The Labute approximate surface area is 397 Å². The summed E-state index contributed by atoms with van der Waals surface area (Å²) < 4.78 is 26.2. The fourth-order valence-electron chi connectivity index (χ4n) is 7.04.